The second-order valence-electron chi connectivity index (χ2n) is 5.26. The fourth-order valence-corrected chi connectivity index (χ4v) is 2.90. The van der Waals surface area contributed by atoms with Gasteiger partial charge in [0.2, 0.25) is 0 Å². The van der Waals surface area contributed by atoms with Crippen LogP contribution >= 0.6 is 0 Å². The highest BCUT2D eigenvalue weighted by Gasteiger charge is 2.27. The zero-order valence-corrected chi connectivity index (χ0v) is 12.1. The standard InChI is InChI=1S/C19H18O2/c1-21-19(20)18-9-5-8-17(18)16-12-10-15(11-13-16)14-6-3-2-4-7-14/h2-4,6-8,10-13,18H,5,9H2,1H3. The number of hydrogen-bond acceptors (Lipinski definition) is 2. The zero-order chi connectivity index (χ0) is 14.7. The summed E-state index contributed by atoms with van der Waals surface area (Å²) in [5.41, 5.74) is 4.60. The van der Waals surface area contributed by atoms with E-state index in [2.05, 4.69) is 42.5 Å². The van der Waals surface area contributed by atoms with Gasteiger partial charge in [-0.15, -0.1) is 0 Å². The van der Waals surface area contributed by atoms with Gasteiger partial charge in [-0.3, -0.25) is 4.79 Å². The van der Waals surface area contributed by atoms with Gasteiger partial charge >= 0.3 is 5.97 Å². The third kappa shape index (κ3) is 2.75. The molecule has 1 unspecified atom stereocenters. The van der Waals surface area contributed by atoms with E-state index < -0.39 is 0 Å². The quantitative estimate of drug-likeness (QED) is 0.782. The summed E-state index contributed by atoms with van der Waals surface area (Å²) in [5, 5.41) is 0. The van der Waals surface area contributed by atoms with Crippen molar-refractivity contribution in [3.63, 3.8) is 0 Å². The van der Waals surface area contributed by atoms with Gasteiger partial charge in [0.25, 0.3) is 0 Å². The fourth-order valence-electron chi connectivity index (χ4n) is 2.90. The molecule has 0 spiro atoms. The van der Waals surface area contributed by atoms with E-state index in [4.69, 9.17) is 4.74 Å². The third-order valence-electron chi connectivity index (χ3n) is 4.01. The lowest BCUT2D eigenvalue weighted by molar-refractivity contribution is -0.143. The van der Waals surface area contributed by atoms with Gasteiger partial charge in [-0.05, 0) is 35.1 Å². The van der Waals surface area contributed by atoms with E-state index in [-0.39, 0.29) is 11.9 Å². The van der Waals surface area contributed by atoms with E-state index in [1.54, 1.807) is 0 Å². The van der Waals surface area contributed by atoms with Crippen LogP contribution in [0.2, 0.25) is 0 Å². The Morgan fingerprint density at radius 3 is 2.24 bits per heavy atom. The number of hydrogen-bond donors (Lipinski definition) is 0. The van der Waals surface area contributed by atoms with Gasteiger partial charge in [0.1, 0.15) is 0 Å². The third-order valence-corrected chi connectivity index (χ3v) is 4.01. The molecule has 0 aliphatic heterocycles. The minimum absolute atomic E-state index is 0.113. The van der Waals surface area contributed by atoms with Crippen LogP contribution in [0.25, 0.3) is 16.7 Å². The molecule has 21 heavy (non-hydrogen) atoms. The number of rotatable bonds is 3. The van der Waals surface area contributed by atoms with Crippen LogP contribution in [0.4, 0.5) is 0 Å². The maximum Gasteiger partial charge on any atom is 0.313 e. The Morgan fingerprint density at radius 2 is 1.57 bits per heavy atom. The number of benzene rings is 2. The summed E-state index contributed by atoms with van der Waals surface area (Å²) >= 11 is 0. The highest BCUT2D eigenvalue weighted by molar-refractivity contribution is 5.90. The molecule has 2 aromatic carbocycles. The summed E-state index contributed by atoms with van der Waals surface area (Å²) in [6.45, 7) is 0. The van der Waals surface area contributed by atoms with Gasteiger partial charge in [0.15, 0.2) is 0 Å². The van der Waals surface area contributed by atoms with Crippen LogP contribution in [0.15, 0.2) is 60.7 Å². The Morgan fingerprint density at radius 1 is 0.952 bits per heavy atom. The topological polar surface area (TPSA) is 26.3 Å². The molecule has 2 heteroatoms. The SMILES string of the molecule is COC(=O)C1CCC=C1c1ccc(-c2ccccc2)cc1. The van der Waals surface area contributed by atoms with E-state index in [0.717, 1.165) is 24.0 Å². The van der Waals surface area contributed by atoms with Crippen molar-refractivity contribution < 1.29 is 9.53 Å². The van der Waals surface area contributed by atoms with Gasteiger partial charge < -0.3 is 4.74 Å². The second kappa shape index (κ2) is 5.96. The van der Waals surface area contributed by atoms with Gasteiger partial charge in [0.05, 0.1) is 13.0 Å². The molecule has 1 aliphatic carbocycles. The summed E-state index contributed by atoms with van der Waals surface area (Å²) in [5.74, 6) is -0.247. The van der Waals surface area contributed by atoms with Crippen molar-refractivity contribution in [1.82, 2.24) is 0 Å². The maximum atomic E-state index is 11.8. The molecule has 2 aromatic rings. The first-order valence-corrected chi connectivity index (χ1v) is 7.23. The van der Waals surface area contributed by atoms with Crippen LogP contribution in [0.5, 0.6) is 0 Å². The highest BCUT2D eigenvalue weighted by Crippen LogP contribution is 2.35. The van der Waals surface area contributed by atoms with Crippen molar-refractivity contribution in [2.75, 3.05) is 7.11 Å². The van der Waals surface area contributed by atoms with Gasteiger partial charge in [0, 0.05) is 0 Å². The first kappa shape index (κ1) is 13.6. The molecule has 1 atom stereocenters. The predicted octanol–water partition coefficient (Wildman–Crippen LogP) is 4.32. The van der Waals surface area contributed by atoms with E-state index in [1.807, 2.05) is 18.2 Å². The molecule has 1 aliphatic rings. The van der Waals surface area contributed by atoms with Crippen molar-refractivity contribution in [3.8, 4) is 11.1 Å². The van der Waals surface area contributed by atoms with Gasteiger partial charge in [-0.2, -0.15) is 0 Å². The summed E-state index contributed by atoms with van der Waals surface area (Å²) in [7, 11) is 1.46. The van der Waals surface area contributed by atoms with E-state index in [9.17, 15) is 4.79 Å². The van der Waals surface area contributed by atoms with Crippen LogP contribution in [0.1, 0.15) is 18.4 Å². The Bertz CT molecular complexity index is 654. The molecule has 0 N–H and O–H groups in total. The minimum Gasteiger partial charge on any atom is -0.469 e. The molecule has 0 fully saturated rings. The largest absolute Gasteiger partial charge is 0.469 e. The van der Waals surface area contributed by atoms with Crippen molar-refractivity contribution in [2.45, 2.75) is 12.8 Å². The van der Waals surface area contributed by atoms with Crippen molar-refractivity contribution in [2.24, 2.45) is 5.92 Å². The average Bonchev–Trinajstić information content (AvgIpc) is 3.05. The lowest BCUT2D eigenvalue weighted by atomic mass is 9.93. The Hall–Kier alpha value is -2.35. The van der Waals surface area contributed by atoms with E-state index in [0.29, 0.717) is 0 Å². The number of carbonyl (C=O) groups excluding carboxylic acids is 1. The molecule has 0 saturated heterocycles. The lowest BCUT2D eigenvalue weighted by Crippen LogP contribution is -2.14. The molecular weight excluding hydrogens is 260 g/mol. The first-order chi connectivity index (χ1) is 10.3. The Labute approximate surface area is 125 Å². The van der Waals surface area contributed by atoms with Crippen molar-refractivity contribution >= 4 is 11.5 Å². The van der Waals surface area contributed by atoms with E-state index in [1.165, 1.54) is 18.2 Å². The zero-order valence-electron chi connectivity index (χ0n) is 12.1. The Balaban J connectivity index is 1.86. The van der Waals surface area contributed by atoms with Crippen LogP contribution in [0, 0.1) is 5.92 Å². The molecule has 3 rings (SSSR count). The lowest BCUT2D eigenvalue weighted by Gasteiger charge is -2.13. The Kier molecular flexibility index (Phi) is 3.87. The number of esters is 1. The van der Waals surface area contributed by atoms with Crippen LogP contribution in [-0.4, -0.2) is 13.1 Å². The number of methoxy groups -OCH3 is 1. The summed E-state index contributed by atoms with van der Waals surface area (Å²) in [6, 6.07) is 18.7. The van der Waals surface area contributed by atoms with Gasteiger partial charge in [-0.1, -0.05) is 60.7 Å². The molecule has 0 amide bonds. The first-order valence-electron chi connectivity index (χ1n) is 7.23. The summed E-state index contributed by atoms with van der Waals surface area (Å²) in [4.78, 5) is 11.8. The molecule has 0 radical (unpaired) electrons. The smallest absolute Gasteiger partial charge is 0.313 e. The molecule has 2 nitrogen and oxygen atoms in total. The van der Waals surface area contributed by atoms with E-state index >= 15 is 0 Å². The monoisotopic (exact) mass is 278 g/mol. The normalized spacial score (nSPS) is 17.4. The summed E-state index contributed by atoms with van der Waals surface area (Å²) < 4.78 is 4.90. The minimum atomic E-state index is -0.133. The highest BCUT2D eigenvalue weighted by atomic mass is 16.5. The summed E-state index contributed by atoms with van der Waals surface area (Å²) in [6.07, 6.45) is 3.94. The number of allylic oxidation sites excluding steroid dienone is 1. The molecular formula is C19H18O2. The van der Waals surface area contributed by atoms with Crippen LogP contribution in [0.3, 0.4) is 0 Å². The molecule has 0 saturated carbocycles. The van der Waals surface area contributed by atoms with Crippen molar-refractivity contribution in [3.05, 3.63) is 66.2 Å². The molecule has 0 aromatic heterocycles. The average molecular weight is 278 g/mol. The predicted molar refractivity (Wildman–Crippen MR) is 84.6 cm³/mol. The van der Waals surface area contributed by atoms with Gasteiger partial charge in [-0.25, -0.2) is 0 Å². The number of carbonyl (C=O) groups is 1. The van der Waals surface area contributed by atoms with Crippen LogP contribution < -0.4 is 0 Å². The molecule has 0 bridgehead atoms. The maximum absolute atomic E-state index is 11.8. The fraction of sp³-hybridized carbons (Fsp3) is 0.211. The second-order valence-corrected chi connectivity index (χ2v) is 5.26. The molecule has 0 heterocycles. The molecule has 106 valence electrons. The van der Waals surface area contributed by atoms with Crippen LogP contribution in [-0.2, 0) is 9.53 Å². The number of ether oxygens (including phenoxy) is 1. The van der Waals surface area contributed by atoms with Crippen molar-refractivity contribution in [1.29, 1.82) is 0 Å².